The number of nitrogens with one attached hydrogen (secondary N) is 1. The molecule has 116 valence electrons. The molecular formula is C17H26N2O2. The topological polar surface area (TPSA) is 49.4 Å². The van der Waals surface area contributed by atoms with E-state index in [1.165, 1.54) is 6.42 Å². The highest BCUT2D eigenvalue weighted by Crippen LogP contribution is 2.32. The zero-order valence-corrected chi connectivity index (χ0v) is 12.8. The number of hydrogen-bond acceptors (Lipinski definition) is 2. The van der Waals surface area contributed by atoms with Crippen molar-refractivity contribution in [3.05, 3.63) is 12.2 Å². The Labute approximate surface area is 127 Å². The lowest BCUT2D eigenvalue weighted by Gasteiger charge is -2.39. The summed E-state index contributed by atoms with van der Waals surface area (Å²) < 4.78 is 0. The van der Waals surface area contributed by atoms with Crippen molar-refractivity contribution in [1.29, 1.82) is 0 Å². The van der Waals surface area contributed by atoms with Gasteiger partial charge in [-0.3, -0.25) is 9.59 Å². The predicted octanol–water partition coefficient (Wildman–Crippen LogP) is 2.39. The first-order chi connectivity index (χ1) is 10.2. The summed E-state index contributed by atoms with van der Waals surface area (Å²) in [4.78, 5) is 27.1. The van der Waals surface area contributed by atoms with Gasteiger partial charge in [0.1, 0.15) is 5.54 Å². The van der Waals surface area contributed by atoms with Crippen molar-refractivity contribution in [2.24, 2.45) is 5.92 Å². The van der Waals surface area contributed by atoms with Gasteiger partial charge in [0.05, 0.1) is 0 Å². The van der Waals surface area contributed by atoms with Crippen molar-refractivity contribution in [2.45, 2.75) is 63.3 Å². The van der Waals surface area contributed by atoms with E-state index in [1.54, 1.807) is 0 Å². The largest absolute Gasteiger partial charge is 0.342 e. The second-order valence-electron chi connectivity index (χ2n) is 6.84. The normalized spacial score (nSPS) is 29.3. The third-order valence-corrected chi connectivity index (χ3v) is 5.25. The van der Waals surface area contributed by atoms with Gasteiger partial charge in [0.25, 0.3) is 0 Å². The molecule has 1 aliphatic heterocycles. The smallest absolute Gasteiger partial charge is 0.248 e. The van der Waals surface area contributed by atoms with E-state index in [1.807, 2.05) is 4.90 Å². The van der Waals surface area contributed by atoms with Crippen LogP contribution in [0.1, 0.15) is 57.8 Å². The first-order valence-electron chi connectivity index (χ1n) is 8.45. The van der Waals surface area contributed by atoms with Crippen LogP contribution in [-0.2, 0) is 9.59 Å². The second-order valence-corrected chi connectivity index (χ2v) is 6.84. The number of allylic oxidation sites excluding steroid dienone is 2. The minimum absolute atomic E-state index is 0.0521. The van der Waals surface area contributed by atoms with Crippen LogP contribution in [0.4, 0.5) is 0 Å². The maximum atomic E-state index is 13.0. The Morgan fingerprint density at radius 3 is 2.71 bits per heavy atom. The van der Waals surface area contributed by atoms with Crippen LogP contribution < -0.4 is 5.32 Å². The first kappa shape index (κ1) is 14.6. The fourth-order valence-corrected chi connectivity index (χ4v) is 4.03. The molecule has 4 heteroatoms. The Morgan fingerprint density at radius 1 is 1.19 bits per heavy atom. The highest BCUT2D eigenvalue weighted by molar-refractivity contribution is 5.93. The number of nitrogens with zero attached hydrogens (tertiary/aromatic N) is 1. The van der Waals surface area contributed by atoms with Crippen molar-refractivity contribution in [3.63, 3.8) is 0 Å². The van der Waals surface area contributed by atoms with Crippen LogP contribution in [-0.4, -0.2) is 35.3 Å². The van der Waals surface area contributed by atoms with Gasteiger partial charge in [-0.25, -0.2) is 0 Å². The molecule has 2 aliphatic carbocycles. The number of amides is 2. The summed E-state index contributed by atoms with van der Waals surface area (Å²) in [5, 5.41) is 3.07. The summed E-state index contributed by atoms with van der Waals surface area (Å²) >= 11 is 0. The zero-order valence-electron chi connectivity index (χ0n) is 12.8. The van der Waals surface area contributed by atoms with E-state index in [9.17, 15) is 9.59 Å². The van der Waals surface area contributed by atoms with E-state index < -0.39 is 5.54 Å². The molecule has 1 spiro atoms. The lowest BCUT2D eigenvalue weighted by atomic mass is 9.80. The maximum Gasteiger partial charge on any atom is 0.248 e. The van der Waals surface area contributed by atoms with Crippen molar-refractivity contribution in [2.75, 3.05) is 13.1 Å². The highest BCUT2D eigenvalue weighted by atomic mass is 16.2. The van der Waals surface area contributed by atoms with E-state index in [2.05, 4.69) is 17.5 Å². The van der Waals surface area contributed by atoms with Crippen LogP contribution in [0.15, 0.2) is 12.2 Å². The SMILES string of the molecule is O=C1CCN(CC2CC=CCC2)C(=O)C2(CCCCC2)N1. The van der Waals surface area contributed by atoms with Crippen molar-refractivity contribution < 1.29 is 9.59 Å². The average Bonchev–Trinajstić information content (AvgIpc) is 2.62. The molecule has 1 saturated carbocycles. The molecule has 1 unspecified atom stereocenters. The third kappa shape index (κ3) is 3.14. The predicted molar refractivity (Wildman–Crippen MR) is 81.6 cm³/mol. The van der Waals surface area contributed by atoms with Gasteiger partial charge in [0, 0.05) is 19.5 Å². The van der Waals surface area contributed by atoms with Gasteiger partial charge in [-0.15, -0.1) is 0 Å². The molecule has 0 aromatic carbocycles. The molecule has 2 amide bonds. The van der Waals surface area contributed by atoms with Crippen molar-refractivity contribution >= 4 is 11.8 Å². The van der Waals surface area contributed by atoms with Crippen molar-refractivity contribution in [1.82, 2.24) is 10.2 Å². The Morgan fingerprint density at radius 2 is 2.00 bits per heavy atom. The standard InChI is InChI=1S/C17H26N2O2/c20-15-9-12-19(13-14-7-3-1-4-8-14)16(21)17(18-15)10-5-2-6-11-17/h1,3,14H,2,4-13H2,(H,18,20). The van der Waals surface area contributed by atoms with Crippen LogP contribution in [0.3, 0.4) is 0 Å². The van der Waals surface area contributed by atoms with Crippen LogP contribution in [0.25, 0.3) is 0 Å². The fraction of sp³-hybridized carbons (Fsp3) is 0.765. The molecule has 0 aromatic heterocycles. The summed E-state index contributed by atoms with van der Waals surface area (Å²) in [7, 11) is 0. The van der Waals surface area contributed by atoms with Gasteiger partial charge < -0.3 is 10.2 Å². The molecule has 2 fully saturated rings. The van der Waals surface area contributed by atoms with Crippen molar-refractivity contribution in [3.8, 4) is 0 Å². The Hall–Kier alpha value is -1.32. The van der Waals surface area contributed by atoms with Gasteiger partial charge in [-0.05, 0) is 38.0 Å². The summed E-state index contributed by atoms with van der Waals surface area (Å²) in [6.45, 7) is 1.41. The highest BCUT2D eigenvalue weighted by Gasteiger charge is 2.45. The van der Waals surface area contributed by atoms with Gasteiger partial charge in [-0.2, -0.15) is 0 Å². The average molecular weight is 290 g/mol. The summed E-state index contributed by atoms with van der Waals surface area (Å²) in [5.74, 6) is 0.798. The lowest BCUT2D eigenvalue weighted by molar-refractivity contribution is -0.141. The van der Waals surface area contributed by atoms with E-state index in [4.69, 9.17) is 0 Å². The number of rotatable bonds is 2. The molecule has 3 aliphatic rings. The van der Waals surface area contributed by atoms with E-state index in [0.717, 1.165) is 51.5 Å². The minimum Gasteiger partial charge on any atom is -0.342 e. The van der Waals surface area contributed by atoms with Gasteiger partial charge in [-0.1, -0.05) is 31.4 Å². The third-order valence-electron chi connectivity index (χ3n) is 5.25. The lowest BCUT2D eigenvalue weighted by Crippen LogP contribution is -2.58. The zero-order chi connectivity index (χ0) is 14.7. The number of carbonyl (C=O) groups excluding carboxylic acids is 2. The molecule has 3 rings (SSSR count). The molecule has 1 N–H and O–H groups in total. The van der Waals surface area contributed by atoms with E-state index in [0.29, 0.717) is 18.9 Å². The van der Waals surface area contributed by atoms with Gasteiger partial charge in [0.15, 0.2) is 0 Å². The molecular weight excluding hydrogens is 264 g/mol. The second kappa shape index (κ2) is 6.20. The Kier molecular flexibility index (Phi) is 4.32. The summed E-state index contributed by atoms with van der Waals surface area (Å²) in [6.07, 6.45) is 13.2. The van der Waals surface area contributed by atoms with Crippen LogP contribution in [0.5, 0.6) is 0 Å². The maximum absolute atomic E-state index is 13.0. The van der Waals surface area contributed by atoms with Gasteiger partial charge >= 0.3 is 0 Å². The monoisotopic (exact) mass is 290 g/mol. The Balaban J connectivity index is 1.74. The molecule has 1 atom stereocenters. The van der Waals surface area contributed by atoms with Crippen LogP contribution in [0, 0.1) is 5.92 Å². The quantitative estimate of drug-likeness (QED) is 0.794. The summed E-state index contributed by atoms with van der Waals surface area (Å²) in [6, 6.07) is 0. The summed E-state index contributed by atoms with van der Waals surface area (Å²) in [5.41, 5.74) is -0.587. The Bertz CT molecular complexity index is 438. The van der Waals surface area contributed by atoms with Crippen LogP contribution >= 0.6 is 0 Å². The van der Waals surface area contributed by atoms with E-state index >= 15 is 0 Å². The first-order valence-corrected chi connectivity index (χ1v) is 8.45. The van der Waals surface area contributed by atoms with E-state index in [-0.39, 0.29) is 11.8 Å². The minimum atomic E-state index is -0.587. The number of carbonyl (C=O) groups is 2. The molecule has 1 saturated heterocycles. The fourth-order valence-electron chi connectivity index (χ4n) is 4.03. The van der Waals surface area contributed by atoms with Gasteiger partial charge in [0.2, 0.25) is 11.8 Å². The van der Waals surface area contributed by atoms with Crippen LogP contribution in [0.2, 0.25) is 0 Å². The molecule has 4 nitrogen and oxygen atoms in total. The molecule has 0 aromatic rings. The molecule has 0 radical (unpaired) electrons. The molecule has 0 bridgehead atoms. The molecule has 21 heavy (non-hydrogen) atoms. The molecule has 1 heterocycles. The number of hydrogen-bond donors (Lipinski definition) is 1.